The molecule has 1 heterocycles. The van der Waals surface area contributed by atoms with Crippen molar-refractivity contribution >= 4 is 23.1 Å². The summed E-state index contributed by atoms with van der Waals surface area (Å²) >= 11 is 5.87. The second kappa shape index (κ2) is 5.13. The molecule has 1 fully saturated rings. The molecule has 1 saturated carbocycles. The topological polar surface area (TPSA) is 50.9 Å². The smallest absolute Gasteiger partial charge is 0.150 e. The lowest BCUT2D eigenvalue weighted by Crippen LogP contribution is -2.29. The molecule has 0 saturated heterocycles. The Kier molecular flexibility index (Phi) is 3.77. The van der Waals surface area contributed by atoms with Crippen molar-refractivity contribution in [2.45, 2.75) is 39.0 Å². The molecule has 0 spiro atoms. The van der Waals surface area contributed by atoms with Crippen LogP contribution < -0.4 is 11.1 Å². The predicted molar refractivity (Wildman–Crippen MR) is 73.3 cm³/mol. The van der Waals surface area contributed by atoms with Gasteiger partial charge in [-0.2, -0.15) is 0 Å². The van der Waals surface area contributed by atoms with Gasteiger partial charge in [-0.25, -0.2) is 4.98 Å². The summed E-state index contributed by atoms with van der Waals surface area (Å²) < 4.78 is 0. The third-order valence-corrected chi connectivity index (χ3v) is 3.85. The second-order valence-electron chi connectivity index (χ2n) is 5.30. The molecule has 1 aliphatic carbocycles. The maximum Gasteiger partial charge on any atom is 0.150 e. The third-order valence-electron chi connectivity index (χ3n) is 3.64. The lowest BCUT2D eigenvalue weighted by molar-refractivity contribution is 0.233. The summed E-state index contributed by atoms with van der Waals surface area (Å²) in [5, 5.41) is 3.83. The van der Waals surface area contributed by atoms with E-state index >= 15 is 0 Å². The SMILES string of the molecule is CC1(CNc2nc(Cl)ccc2N)CCCCC1. The summed E-state index contributed by atoms with van der Waals surface area (Å²) in [4.78, 5) is 4.22. The fourth-order valence-electron chi connectivity index (χ4n) is 2.47. The van der Waals surface area contributed by atoms with Gasteiger partial charge in [-0.3, -0.25) is 0 Å². The summed E-state index contributed by atoms with van der Waals surface area (Å²) in [5.41, 5.74) is 6.90. The normalized spacial score (nSPS) is 18.9. The van der Waals surface area contributed by atoms with Crippen LogP contribution in [0.5, 0.6) is 0 Å². The van der Waals surface area contributed by atoms with Crippen LogP contribution in [0.4, 0.5) is 11.5 Å². The fourth-order valence-corrected chi connectivity index (χ4v) is 2.61. The molecule has 4 heteroatoms. The number of nitrogens with two attached hydrogens (primary N) is 1. The van der Waals surface area contributed by atoms with Crippen molar-refractivity contribution in [3.8, 4) is 0 Å². The van der Waals surface area contributed by atoms with Crippen molar-refractivity contribution in [1.29, 1.82) is 0 Å². The van der Waals surface area contributed by atoms with Gasteiger partial charge >= 0.3 is 0 Å². The highest BCUT2D eigenvalue weighted by Crippen LogP contribution is 2.36. The zero-order valence-corrected chi connectivity index (χ0v) is 11.1. The average Bonchev–Trinajstić information content (AvgIpc) is 2.31. The minimum absolute atomic E-state index is 0.370. The third kappa shape index (κ3) is 3.25. The summed E-state index contributed by atoms with van der Waals surface area (Å²) in [6, 6.07) is 3.51. The Morgan fingerprint density at radius 2 is 2.06 bits per heavy atom. The van der Waals surface area contributed by atoms with Crippen molar-refractivity contribution in [1.82, 2.24) is 4.98 Å². The van der Waals surface area contributed by atoms with Crippen molar-refractivity contribution < 1.29 is 0 Å². The Balaban J connectivity index is 1.99. The molecule has 0 aliphatic heterocycles. The number of nitrogen functional groups attached to an aromatic ring is 1. The molecule has 2 rings (SSSR count). The molecular weight excluding hydrogens is 234 g/mol. The Morgan fingerprint density at radius 3 is 2.76 bits per heavy atom. The molecule has 3 N–H and O–H groups in total. The zero-order chi connectivity index (χ0) is 12.3. The van der Waals surface area contributed by atoms with Crippen molar-refractivity contribution in [3.05, 3.63) is 17.3 Å². The summed E-state index contributed by atoms with van der Waals surface area (Å²) in [5.74, 6) is 0.712. The van der Waals surface area contributed by atoms with Gasteiger partial charge in [-0.1, -0.05) is 37.8 Å². The highest BCUT2D eigenvalue weighted by Gasteiger charge is 2.26. The Labute approximate surface area is 108 Å². The number of rotatable bonds is 3. The summed E-state index contributed by atoms with van der Waals surface area (Å²) in [6.07, 6.45) is 6.58. The number of nitrogens with one attached hydrogen (secondary N) is 1. The van der Waals surface area contributed by atoms with Crippen molar-refractivity contribution in [3.63, 3.8) is 0 Å². The fraction of sp³-hybridized carbons (Fsp3) is 0.615. The van der Waals surface area contributed by atoms with E-state index in [0.717, 1.165) is 6.54 Å². The van der Waals surface area contributed by atoms with E-state index in [9.17, 15) is 0 Å². The van der Waals surface area contributed by atoms with Gasteiger partial charge in [-0.05, 0) is 30.4 Å². The quantitative estimate of drug-likeness (QED) is 0.808. The zero-order valence-electron chi connectivity index (χ0n) is 10.3. The van der Waals surface area contributed by atoms with Crippen LogP contribution >= 0.6 is 11.6 Å². The molecule has 94 valence electrons. The van der Waals surface area contributed by atoms with Gasteiger partial charge in [0.05, 0.1) is 5.69 Å². The molecule has 0 atom stereocenters. The first-order valence-corrected chi connectivity index (χ1v) is 6.63. The highest BCUT2D eigenvalue weighted by molar-refractivity contribution is 6.29. The first-order chi connectivity index (χ1) is 8.09. The molecule has 1 aliphatic rings. The number of nitrogens with zero attached hydrogens (tertiary/aromatic N) is 1. The summed E-state index contributed by atoms with van der Waals surface area (Å²) in [7, 11) is 0. The number of aromatic nitrogens is 1. The number of pyridine rings is 1. The highest BCUT2D eigenvalue weighted by atomic mass is 35.5. The summed E-state index contributed by atoms with van der Waals surface area (Å²) in [6.45, 7) is 3.25. The molecule has 0 bridgehead atoms. The molecule has 1 aromatic rings. The molecule has 0 amide bonds. The van der Waals surface area contributed by atoms with Crippen LogP contribution in [0.15, 0.2) is 12.1 Å². The van der Waals surface area contributed by atoms with Crippen molar-refractivity contribution in [2.24, 2.45) is 5.41 Å². The van der Waals surface area contributed by atoms with Crippen LogP contribution in [-0.2, 0) is 0 Å². The van der Waals surface area contributed by atoms with E-state index < -0.39 is 0 Å². The second-order valence-corrected chi connectivity index (χ2v) is 5.68. The van der Waals surface area contributed by atoms with E-state index in [1.807, 2.05) is 0 Å². The maximum absolute atomic E-state index is 5.87. The van der Waals surface area contributed by atoms with Crippen LogP contribution in [-0.4, -0.2) is 11.5 Å². The largest absolute Gasteiger partial charge is 0.396 e. The van der Waals surface area contributed by atoms with Crippen LogP contribution in [0.1, 0.15) is 39.0 Å². The number of halogens is 1. The van der Waals surface area contributed by atoms with E-state index in [0.29, 0.717) is 22.1 Å². The van der Waals surface area contributed by atoms with Gasteiger partial charge in [0.1, 0.15) is 5.15 Å². The maximum atomic E-state index is 5.87. The van der Waals surface area contributed by atoms with Crippen LogP contribution in [0.3, 0.4) is 0 Å². The monoisotopic (exact) mass is 253 g/mol. The molecule has 0 unspecified atom stereocenters. The van der Waals surface area contributed by atoms with Gasteiger partial charge < -0.3 is 11.1 Å². The minimum atomic E-state index is 0.370. The Morgan fingerprint density at radius 1 is 1.35 bits per heavy atom. The molecule has 0 aromatic carbocycles. The Hall–Kier alpha value is -0.960. The van der Waals surface area contributed by atoms with Gasteiger partial charge in [-0.15, -0.1) is 0 Å². The molecular formula is C13H20ClN3. The minimum Gasteiger partial charge on any atom is -0.396 e. The van der Waals surface area contributed by atoms with E-state index in [2.05, 4.69) is 17.2 Å². The molecule has 3 nitrogen and oxygen atoms in total. The lowest BCUT2D eigenvalue weighted by Gasteiger charge is -2.33. The Bertz CT molecular complexity index is 386. The lowest BCUT2D eigenvalue weighted by atomic mass is 9.76. The molecule has 0 radical (unpaired) electrons. The molecule has 1 aromatic heterocycles. The first-order valence-electron chi connectivity index (χ1n) is 6.25. The number of hydrogen-bond donors (Lipinski definition) is 2. The standard InChI is InChI=1S/C13H20ClN3/c1-13(7-3-2-4-8-13)9-16-12-10(15)5-6-11(14)17-12/h5-6H,2-4,7-9,15H2,1H3,(H,16,17). The van der Waals surface area contributed by atoms with Gasteiger partial charge in [0.2, 0.25) is 0 Å². The number of hydrogen-bond acceptors (Lipinski definition) is 3. The van der Waals surface area contributed by atoms with E-state index in [4.69, 9.17) is 17.3 Å². The number of anilines is 2. The van der Waals surface area contributed by atoms with Crippen molar-refractivity contribution in [2.75, 3.05) is 17.6 Å². The van der Waals surface area contributed by atoms with Gasteiger partial charge in [0.25, 0.3) is 0 Å². The average molecular weight is 254 g/mol. The van der Waals surface area contributed by atoms with Gasteiger partial charge in [0, 0.05) is 6.54 Å². The first kappa shape index (κ1) is 12.5. The van der Waals surface area contributed by atoms with Crippen LogP contribution in [0.2, 0.25) is 5.15 Å². The van der Waals surface area contributed by atoms with E-state index in [-0.39, 0.29) is 0 Å². The van der Waals surface area contributed by atoms with Gasteiger partial charge in [0.15, 0.2) is 5.82 Å². The molecule has 17 heavy (non-hydrogen) atoms. The predicted octanol–water partition coefficient (Wildman–Crippen LogP) is 3.70. The van der Waals surface area contributed by atoms with Crippen LogP contribution in [0, 0.1) is 5.41 Å². The van der Waals surface area contributed by atoms with E-state index in [1.54, 1.807) is 12.1 Å². The van der Waals surface area contributed by atoms with E-state index in [1.165, 1.54) is 32.1 Å². The van der Waals surface area contributed by atoms with Crippen LogP contribution in [0.25, 0.3) is 0 Å².